The largest absolute Gasteiger partial charge is 0.478 e. The lowest BCUT2D eigenvalue weighted by atomic mass is 10.1. The molecule has 1 atom stereocenters. The summed E-state index contributed by atoms with van der Waals surface area (Å²) in [5.41, 5.74) is 2.78. The molecule has 7 heteroatoms. The van der Waals surface area contributed by atoms with Gasteiger partial charge in [-0.15, -0.1) is 6.42 Å². The van der Waals surface area contributed by atoms with Crippen molar-refractivity contribution in [1.29, 1.82) is 0 Å². The number of rotatable bonds is 6. The number of benzene rings is 2. The van der Waals surface area contributed by atoms with Gasteiger partial charge in [-0.25, -0.2) is 0 Å². The Kier molecular flexibility index (Phi) is 6.95. The van der Waals surface area contributed by atoms with Crippen molar-refractivity contribution in [2.45, 2.75) is 18.8 Å². The number of hydrogen-bond acceptors (Lipinski definition) is 4. The van der Waals surface area contributed by atoms with Gasteiger partial charge in [0.2, 0.25) is 0 Å². The number of terminal acetylenes is 1. The van der Waals surface area contributed by atoms with Gasteiger partial charge in [0.1, 0.15) is 6.61 Å². The zero-order valence-corrected chi connectivity index (χ0v) is 18.2. The standard InChI is InChI=1S/C21H18BrClN2O2S/c1-3-9-27-19-16(22)10-14(11-17(19)23)12-18-20(26)25-21(28-18)24-15-7-5-13(4-2)6-8-15/h1,5-8,10-12,21,24H,4,9H2,2H3,(H,25,26)/b18-12-/t21-/m0/s1. The van der Waals surface area contributed by atoms with Crippen LogP contribution >= 0.6 is 39.3 Å². The summed E-state index contributed by atoms with van der Waals surface area (Å²) in [4.78, 5) is 12.9. The summed E-state index contributed by atoms with van der Waals surface area (Å²) in [5.74, 6) is 2.76. The lowest BCUT2D eigenvalue weighted by Gasteiger charge is -2.13. The molecule has 3 rings (SSSR count). The van der Waals surface area contributed by atoms with Gasteiger partial charge in [-0.3, -0.25) is 4.79 Å². The summed E-state index contributed by atoms with van der Waals surface area (Å²) >= 11 is 11.1. The van der Waals surface area contributed by atoms with E-state index in [1.165, 1.54) is 17.3 Å². The number of nitrogens with one attached hydrogen (secondary N) is 2. The number of ether oxygens (including phenoxy) is 1. The van der Waals surface area contributed by atoms with Crippen molar-refractivity contribution in [3.8, 4) is 18.1 Å². The molecule has 2 aromatic rings. The number of hydrogen-bond donors (Lipinski definition) is 2. The molecule has 1 aliphatic heterocycles. The van der Waals surface area contributed by atoms with Crippen molar-refractivity contribution in [1.82, 2.24) is 5.32 Å². The minimum Gasteiger partial charge on any atom is -0.478 e. The van der Waals surface area contributed by atoms with Gasteiger partial charge in [0.25, 0.3) is 5.91 Å². The van der Waals surface area contributed by atoms with E-state index in [1.807, 2.05) is 18.2 Å². The minimum absolute atomic E-state index is 0.129. The third-order valence-corrected chi connectivity index (χ3v) is 5.91. The molecule has 2 N–H and O–H groups in total. The van der Waals surface area contributed by atoms with E-state index in [1.54, 1.807) is 12.1 Å². The smallest absolute Gasteiger partial charge is 0.260 e. The fraction of sp³-hybridized carbons (Fsp3) is 0.190. The summed E-state index contributed by atoms with van der Waals surface area (Å²) in [6.45, 7) is 2.24. The minimum atomic E-state index is -0.233. The number of amides is 1. The van der Waals surface area contributed by atoms with Crippen molar-refractivity contribution in [2.75, 3.05) is 11.9 Å². The first kappa shape index (κ1) is 20.7. The molecule has 0 spiro atoms. The van der Waals surface area contributed by atoms with Gasteiger partial charge >= 0.3 is 0 Å². The van der Waals surface area contributed by atoms with E-state index < -0.39 is 0 Å². The monoisotopic (exact) mass is 476 g/mol. The molecule has 1 amide bonds. The fourth-order valence-corrected chi connectivity index (χ4v) is 4.59. The maximum Gasteiger partial charge on any atom is 0.260 e. The van der Waals surface area contributed by atoms with Crippen molar-refractivity contribution in [2.24, 2.45) is 0 Å². The van der Waals surface area contributed by atoms with Crippen molar-refractivity contribution in [3.63, 3.8) is 0 Å². The summed E-state index contributed by atoms with van der Waals surface area (Å²) in [5, 5.41) is 6.65. The molecule has 2 aromatic carbocycles. The molecule has 0 aromatic heterocycles. The Morgan fingerprint density at radius 3 is 2.79 bits per heavy atom. The second-order valence-electron chi connectivity index (χ2n) is 5.98. The van der Waals surface area contributed by atoms with Crippen LogP contribution in [0.3, 0.4) is 0 Å². The molecular formula is C21H18BrClN2O2S. The van der Waals surface area contributed by atoms with E-state index in [0.29, 0.717) is 20.2 Å². The highest BCUT2D eigenvalue weighted by Gasteiger charge is 2.27. The zero-order valence-electron chi connectivity index (χ0n) is 15.1. The number of thioether (sulfide) groups is 1. The highest BCUT2D eigenvalue weighted by molar-refractivity contribution is 9.10. The Hall–Kier alpha value is -2.07. The van der Waals surface area contributed by atoms with Gasteiger partial charge in [0, 0.05) is 5.69 Å². The SMILES string of the molecule is C#CCOc1c(Cl)cc(/C=C2\S[C@@H](Nc3ccc(CC)cc3)NC2=O)cc1Br. The van der Waals surface area contributed by atoms with Gasteiger partial charge in [0.05, 0.1) is 14.4 Å². The number of carbonyl (C=O) groups is 1. The topological polar surface area (TPSA) is 50.4 Å². The number of anilines is 1. The summed E-state index contributed by atoms with van der Waals surface area (Å²) in [6, 6.07) is 11.7. The highest BCUT2D eigenvalue weighted by atomic mass is 79.9. The molecule has 144 valence electrons. The molecule has 0 unspecified atom stereocenters. The molecule has 1 fully saturated rings. The summed E-state index contributed by atoms with van der Waals surface area (Å²) < 4.78 is 6.11. The summed E-state index contributed by atoms with van der Waals surface area (Å²) in [7, 11) is 0. The van der Waals surface area contributed by atoms with Crippen LogP contribution in [0.2, 0.25) is 5.02 Å². The third-order valence-electron chi connectivity index (χ3n) is 4.01. The average Bonchev–Trinajstić information content (AvgIpc) is 3.00. The summed E-state index contributed by atoms with van der Waals surface area (Å²) in [6.07, 6.45) is 8.01. The second-order valence-corrected chi connectivity index (χ2v) is 8.39. The van der Waals surface area contributed by atoms with Crippen LogP contribution in [0.4, 0.5) is 5.69 Å². The molecule has 4 nitrogen and oxygen atoms in total. The third kappa shape index (κ3) is 5.05. The van der Waals surface area contributed by atoms with Gasteiger partial charge in [0.15, 0.2) is 11.2 Å². The Morgan fingerprint density at radius 2 is 2.14 bits per heavy atom. The Balaban J connectivity index is 1.72. The molecule has 0 aliphatic carbocycles. The van der Waals surface area contributed by atoms with Gasteiger partial charge < -0.3 is 15.4 Å². The second kappa shape index (κ2) is 9.42. The number of halogens is 2. The fourth-order valence-electron chi connectivity index (χ4n) is 2.62. The highest BCUT2D eigenvalue weighted by Crippen LogP contribution is 2.37. The van der Waals surface area contributed by atoms with E-state index in [9.17, 15) is 4.79 Å². The van der Waals surface area contributed by atoms with Crippen LogP contribution in [0, 0.1) is 12.3 Å². The van der Waals surface area contributed by atoms with Crippen LogP contribution in [-0.4, -0.2) is 18.0 Å². The van der Waals surface area contributed by atoms with Gasteiger partial charge in [-0.05, 0) is 63.8 Å². The molecule has 0 bridgehead atoms. The van der Waals surface area contributed by atoms with Crippen molar-refractivity contribution >= 4 is 57.0 Å². The van der Waals surface area contributed by atoms with E-state index in [-0.39, 0.29) is 18.0 Å². The number of aryl methyl sites for hydroxylation is 1. The first-order valence-electron chi connectivity index (χ1n) is 8.60. The molecule has 0 radical (unpaired) electrons. The van der Waals surface area contributed by atoms with Gasteiger partial charge in [-0.2, -0.15) is 0 Å². The Bertz CT molecular complexity index is 931. The van der Waals surface area contributed by atoms with Crippen LogP contribution in [0.25, 0.3) is 6.08 Å². The Morgan fingerprint density at radius 1 is 1.39 bits per heavy atom. The molecule has 1 heterocycles. The van der Waals surface area contributed by atoms with Gasteiger partial charge in [-0.1, -0.05) is 48.3 Å². The van der Waals surface area contributed by atoms with Crippen LogP contribution in [0.1, 0.15) is 18.1 Å². The van der Waals surface area contributed by atoms with Crippen LogP contribution in [0.5, 0.6) is 5.75 Å². The van der Waals surface area contributed by atoms with E-state index in [2.05, 4.69) is 51.5 Å². The van der Waals surface area contributed by atoms with E-state index in [0.717, 1.165) is 17.7 Å². The first-order valence-corrected chi connectivity index (χ1v) is 10.6. The van der Waals surface area contributed by atoms with Crippen LogP contribution in [-0.2, 0) is 11.2 Å². The Labute approximate surface area is 182 Å². The quantitative estimate of drug-likeness (QED) is 0.439. The van der Waals surface area contributed by atoms with Crippen molar-refractivity contribution < 1.29 is 9.53 Å². The molecule has 1 saturated heterocycles. The zero-order chi connectivity index (χ0) is 20.1. The van der Waals surface area contributed by atoms with E-state index in [4.69, 9.17) is 22.8 Å². The van der Waals surface area contributed by atoms with Crippen LogP contribution in [0.15, 0.2) is 45.8 Å². The predicted octanol–water partition coefficient (Wildman–Crippen LogP) is 5.28. The van der Waals surface area contributed by atoms with E-state index >= 15 is 0 Å². The lowest BCUT2D eigenvalue weighted by molar-refractivity contribution is -0.116. The lowest BCUT2D eigenvalue weighted by Crippen LogP contribution is -2.30. The normalized spacial score (nSPS) is 17.3. The van der Waals surface area contributed by atoms with Crippen LogP contribution < -0.4 is 15.4 Å². The molecular weight excluding hydrogens is 460 g/mol. The maximum absolute atomic E-state index is 12.3. The first-order chi connectivity index (χ1) is 13.5. The number of carbonyl (C=O) groups excluding carboxylic acids is 1. The predicted molar refractivity (Wildman–Crippen MR) is 120 cm³/mol. The molecule has 28 heavy (non-hydrogen) atoms. The van der Waals surface area contributed by atoms with Crippen molar-refractivity contribution in [3.05, 3.63) is 61.9 Å². The molecule has 0 saturated carbocycles. The average molecular weight is 478 g/mol. The molecule has 1 aliphatic rings. The maximum atomic E-state index is 12.3.